The van der Waals surface area contributed by atoms with Crippen LogP contribution in [-0.4, -0.2) is 17.1 Å². The number of hydrogen-bond acceptors (Lipinski definition) is 4. The molecule has 1 aromatic heterocycles. The maximum absolute atomic E-state index is 8.84. The van der Waals surface area contributed by atoms with E-state index in [1.165, 1.54) is 0 Å². The van der Waals surface area contributed by atoms with Gasteiger partial charge in [-0.05, 0) is 25.3 Å². The summed E-state index contributed by atoms with van der Waals surface area (Å²) in [5.74, 6) is 0.558. The zero-order valence-electron chi connectivity index (χ0n) is 8.78. The zero-order valence-corrected chi connectivity index (χ0v) is 9.54. The van der Waals surface area contributed by atoms with Crippen LogP contribution < -0.4 is 11.1 Å². The monoisotopic (exact) mass is 236 g/mol. The summed E-state index contributed by atoms with van der Waals surface area (Å²) < 4.78 is 0. The van der Waals surface area contributed by atoms with Crippen LogP contribution in [-0.2, 0) is 0 Å². The minimum atomic E-state index is 0.142. The van der Waals surface area contributed by atoms with Gasteiger partial charge >= 0.3 is 0 Å². The first kappa shape index (κ1) is 11.2. The van der Waals surface area contributed by atoms with Crippen molar-refractivity contribution in [2.24, 2.45) is 5.73 Å². The van der Waals surface area contributed by atoms with Crippen LogP contribution in [0.15, 0.2) is 12.3 Å². The van der Waals surface area contributed by atoms with Crippen molar-refractivity contribution in [1.29, 1.82) is 5.26 Å². The van der Waals surface area contributed by atoms with Gasteiger partial charge in [0, 0.05) is 18.3 Å². The van der Waals surface area contributed by atoms with Crippen molar-refractivity contribution in [3.8, 4) is 6.07 Å². The number of pyridine rings is 1. The number of anilines is 1. The van der Waals surface area contributed by atoms with E-state index in [1.807, 2.05) is 6.07 Å². The van der Waals surface area contributed by atoms with Gasteiger partial charge in [0.15, 0.2) is 0 Å². The molecule has 0 saturated heterocycles. The number of nitrogens with one attached hydrogen (secondary N) is 1. The van der Waals surface area contributed by atoms with Gasteiger partial charge in [-0.2, -0.15) is 5.26 Å². The van der Waals surface area contributed by atoms with Crippen LogP contribution in [0.2, 0.25) is 5.02 Å². The lowest BCUT2D eigenvalue weighted by molar-refractivity contribution is 0.635. The highest BCUT2D eigenvalue weighted by molar-refractivity contribution is 6.34. The molecule has 0 bridgehead atoms. The molecular formula is C11H13ClN4. The van der Waals surface area contributed by atoms with Gasteiger partial charge in [-0.1, -0.05) is 11.6 Å². The van der Waals surface area contributed by atoms with E-state index >= 15 is 0 Å². The van der Waals surface area contributed by atoms with Crippen molar-refractivity contribution in [3.63, 3.8) is 0 Å². The van der Waals surface area contributed by atoms with E-state index < -0.39 is 0 Å². The van der Waals surface area contributed by atoms with E-state index in [1.54, 1.807) is 12.3 Å². The number of nitriles is 1. The molecule has 1 aliphatic rings. The van der Waals surface area contributed by atoms with Crippen molar-refractivity contribution >= 4 is 17.4 Å². The van der Waals surface area contributed by atoms with Gasteiger partial charge < -0.3 is 11.1 Å². The topological polar surface area (TPSA) is 74.7 Å². The summed E-state index contributed by atoms with van der Waals surface area (Å²) in [6.45, 7) is 0. The smallest absolute Gasteiger partial charge is 0.146 e. The van der Waals surface area contributed by atoms with E-state index in [-0.39, 0.29) is 12.1 Å². The average molecular weight is 237 g/mol. The molecule has 84 valence electrons. The molecule has 4 nitrogen and oxygen atoms in total. The largest absolute Gasteiger partial charge is 0.365 e. The predicted octanol–water partition coefficient (Wildman–Crippen LogP) is 1.90. The first-order valence-corrected chi connectivity index (χ1v) is 5.67. The molecule has 16 heavy (non-hydrogen) atoms. The van der Waals surface area contributed by atoms with Crippen LogP contribution in [0.25, 0.3) is 0 Å². The Morgan fingerprint density at radius 2 is 2.38 bits per heavy atom. The predicted molar refractivity (Wildman–Crippen MR) is 63.2 cm³/mol. The average Bonchev–Trinajstić information content (AvgIpc) is 2.68. The highest BCUT2D eigenvalue weighted by Crippen LogP contribution is 2.27. The molecule has 1 aromatic rings. The van der Waals surface area contributed by atoms with Gasteiger partial charge in [0.2, 0.25) is 0 Å². The molecule has 1 saturated carbocycles. The standard InChI is InChI=1S/C11H13ClN4/c12-10-7(6-13)4-5-15-11(10)16-9-3-1-2-8(9)14/h4-5,8-9H,1-3,14H2,(H,15,16). The highest BCUT2D eigenvalue weighted by atomic mass is 35.5. The lowest BCUT2D eigenvalue weighted by Crippen LogP contribution is -2.35. The molecule has 0 radical (unpaired) electrons. The fraction of sp³-hybridized carbons (Fsp3) is 0.455. The van der Waals surface area contributed by atoms with Crippen molar-refractivity contribution in [2.75, 3.05) is 5.32 Å². The molecule has 1 aliphatic carbocycles. The number of rotatable bonds is 2. The van der Waals surface area contributed by atoms with Crippen molar-refractivity contribution in [3.05, 3.63) is 22.8 Å². The van der Waals surface area contributed by atoms with Crippen LogP contribution in [0.4, 0.5) is 5.82 Å². The van der Waals surface area contributed by atoms with Gasteiger partial charge in [-0.3, -0.25) is 0 Å². The molecule has 0 aliphatic heterocycles. The summed E-state index contributed by atoms with van der Waals surface area (Å²) in [4.78, 5) is 4.14. The Morgan fingerprint density at radius 1 is 1.56 bits per heavy atom. The quantitative estimate of drug-likeness (QED) is 0.823. The molecular weight excluding hydrogens is 224 g/mol. The second-order valence-electron chi connectivity index (χ2n) is 3.98. The Kier molecular flexibility index (Phi) is 3.28. The van der Waals surface area contributed by atoms with E-state index in [0.29, 0.717) is 16.4 Å². The second kappa shape index (κ2) is 4.69. The van der Waals surface area contributed by atoms with Crippen LogP contribution >= 0.6 is 11.6 Å². The van der Waals surface area contributed by atoms with Crippen molar-refractivity contribution in [1.82, 2.24) is 4.98 Å². The Hall–Kier alpha value is -1.31. The normalized spacial score (nSPS) is 24.1. The summed E-state index contributed by atoms with van der Waals surface area (Å²) >= 11 is 6.05. The van der Waals surface area contributed by atoms with Gasteiger partial charge in [-0.15, -0.1) is 0 Å². The Balaban J connectivity index is 2.19. The fourth-order valence-electron chi connectivity index (χ4n) is 1.97. The first-order chi connectivity index (χ1) is 7.72. The third-order valence-electron chi connectivity index (χ3n) is 2.90. The van der Waals surface area contributed by atoms with Crippen LogP contribution in [0.3, 0.4) is 0 Å². The molecule has 2 unspecified atom stereocenters. The summed E-state index contributed by atoms with van der Waals surface area (Å²) in [6, 6.07) is 3.98. The number of nitrogens with zero attached hydrogens (tertiary/aromatic N) is 2. The Labute approximate surface area is 99.4 Å². The fourth-order valence-corrected chi connectivity index (χ4v) is 2.18. The van der Waals surface area contributed by atoms with Gasteiger partial charge in [0.1, 0.15) is 16.9 Å². The van der Waals surface area contributed by atoms with Crippen LogP contribution in [0.1, 0.15) is 24.8 Å². The minimum absolute atomic E-state index is 0.142. The number of hydrogen-bond donors (Lipinski definition) is 2. The SMILES string of the molecule is N#Cc1ccnc(NC2CCCC2N)c1Cl. The molecule has 0 aromatic carbocycles. The first-order valence-electron chi connectivity index (χ1n) is 5.29. The molecule has 1 heterocycles. The number of aromatic nitrogens is 1. The number of halogens is 1. The lowest BCUT2D eigenvalue weighted by atomic mass is 10.2. The van der Waals surface area contributed by atoms with E-state index in [2.05, 4.69) is 10.3 Å². The summed E-state index contributed by atoms with van der Waals surface area (Å²) in [5.41, 5.74) is 6.38. The third-order valence-corrected chi connectivity index (χ3v) is 3.28. The second-order valence-corrected chi connectivity index (χ2v) is 4.36. The number of nitrogens with two attached hydrogens (primary N) is 1. The molecule has 1 fully saturated rings. The zero-order chi connectivity index (χ0) is 11.5. The molecule has 0 spiro atoms. The van der Waals surface area contributed by atoms with E-state index in [0.717, 1.165) is 19.3 Å². The van der Waals surface area contributed by atoms with Crippen LogP contribution in [0, 0.1) is 11.3 Å². The molecule has 3 N–H and O–H groups in total. The Bertz CT molecular complexity index is 426. The van der Waals surface area contributed by atoms with Crippen LogP contribution in [0.5, 0.6) is 0 Å². The van der Waals surface area contributed by atoms with Gasteiger partial charge in [0.25, 0.3) is 0 Å². The van der Waals surface area contributed by atoms with Crippen molar-refractivity contribution in [2.45, 2.75) is 31.3 Å². The maximum atomic E-state index is 8.84. The molecule has 0 amide bonds. The third kappa shape index (κ3) is 2.11. The maximum Gasteiger partial charge on any atom is 0.146 e. The van der Waals surface area contributed by atoms with E-state index in [9.17, 15) is 0 Å². The Morgan fingerprint density at radius 3 is 3.00 bits per heavy atom. The summed E-state index contributed by atoms with van der Waals surface area (Å²) in [6.07, 6.45) is 4.74. The summed E-state index contributed by atoms with van der Waals surface area (Å²) in [5, 5.41) is 12.4. The van der Waals surface area contributed by atoms with Crippen molar-refractivity contribution < 1.29 is 0 Å². The van der Waals surface area contributed by atoms with Gasteiger partial charge in [-0.25, -0.2) is 4.98 Å². The molecule has 5 heteroatoms. The summed E-state index contributed by atoms with van der Waals surface area (Å²) in [7, 11) is 0. The molecule has 2 atom stereocenters. The van der Waals surface area contributed by atoms with Gasteiger partial charge in [0.05, 0.1) is 5.56 Å². The highest BCUT2D eigenvalue weighted by Gasteiger charge is 2.24. The minimum Gasteiger partial charge on any atom is -0.365 e. The van der Waals surface area contributed by atoms with E-state index in [4.69, 9.17) is 22.6 Å². The molecule has 2 rings (SSSR count). The lowest BCUT2D eigenvalue weighted by Gasteiger charge is -2.18.